The third-order valence-corrected chi connectivity index (χ3v) is 2.63. The zero-order valence-electron chi connectivity index (χ0n) is 9.96. The first-order valence-corrected chi connectivity index (χ1v) is 6.29. The Hall–Kier alpha value is -0.480. The van der Waals surface area contributed by atoms with E-state index in [2.05, 4.69) is 5.32 Å². The third kappa shape index (κ3) is 4.72. The maximum atomic E-state index is 9.17. The van der Waals surface area contributed by atoms with Crippen molar-refractivity contribution in [2.24, 2.45) is 0 Å². The molecule has 0 aromatic heterocycles. The Bertz CT molecular complexity index is 370. The van der Waals surface area contributed by atoms with Gasteiger partial charge in [-0.2, -0.15) is 0 Å². The summed E-state index contributed by atoms with van der Waals surface area (Å²) in [5.74, 6) is 0.650. The molecule has 1 aromatic carbocycles. The predicted molar refractivity (Wildman–Crippen MR) is 71.0 cm³/mol. The Morgan fingerprint density at radius 2 is 2.12 bits per heavy atom. The summed E-state index contributed by atoms with van der Waals surface area (Å²) in [7, 11) is 0. The lowest BCUT2D eigenvalue weighted by Crippen LogP contribution is -2.24. The number of rotatable bonds is 6. The molecule has 0 aliphatic heterocycles. The molecule has 1 rings (SSSR count). The third-order valence-electron chi connectivity index (χ3n) is 2.13. The van der Waals surface area contributed by atoms with Crippen LogP contribution in [0.25, 0.3) is 0 Å². The summed E-state index contributed by atoms with van der Waals surface area (Å²) in [4.78, 5) is 0. The lowest BCUT2D eigenvalue weighted by molar-refractivity contribution is 0.190. The van der Waals surface area contributed by atoms with E-state index in [1.807, 2.05) is 13.0 Å². The van der Waals surface area contributed by atoms with Crippen LogP contribution in [-0.2, 0) is 6.54 Å². The standard InChI is InChI=1S/C12H17Cl2NO2/c1-3-17-12-9(7-15-6-8(2)16)4-10(13)5-11(12)14/h4-5,8,15-16H,3,6-7H2,1-2H3. The van der Waals surface area contributed by atoms with Crippen LogP contribution >= 0.6 is 23.2 Å². The summed E-state index contributed by atoms with van der Waals surface area (Å²) in [6.45, 7) is 5.24. The average molecular weight is 278 g/mol. The van der Waals surface area contributed by atoms with Gasteiger partial charge in [0.05, 0.1) is 17.7 Å². The first-order chi connectivity index (χ1) is 8.04. The number of hydrogen-bond acceptors (Lipinski definition) is 3. The minimum atomic E-state index is -0.389. The maximum Gasteiger partial charge on any atom is 0.142 e. The number of hydrogen-bond donors (Lipinski definition) is 2. The number of aliphatic hydroxyl groups is 1. The molecule has 0 heterocycles. The van der Waals surface area contributed by atoms with Crippen molar-refractivity contribution in [2.45, 2.75) is 26.5 Å². The van der Waals surface area contributed by atoms with Gasteiger partial charge in [-0.15, -0.1) is 0 Å². The first-order valence-electron chi connectivity index (χ1n) is 5.54. The van der Waals surface area contributed by atoms with Crippen LogP contribution in [-0.4, -0.2) is 24.4 Å². The van der Waals surface area contributed by atoms with Crippen molar-refractivity contribution < 1.29 is 9.84 Å². The highest BCUT2D eigenvalue weighted by Crippen LogP contribution is 2.32. The molecule has 1 atom stereocenters. The highest BCUT2D eigenvalue weighted by molar-refractivity contribution is 6.35. The van der Waals surface area contributed by atoms with Crippen LogP contribution in [0.3, 0.4) is 0 Å². The van der Waals surface area contributed by atoms with Gasteiger partial charge in [-0.05, 0) is 26.0 Å². The summed E-state index contributed by atoms with van der Waals surface area (Å²) >= 11 is 12.0. The second-order valence-corrected chi connectivity index (χ2v) is 4.63. The maximum absolute atomic E-state index is 9.17. The van der Waals surface area contributed by atoms with Crippen molar-refractivity contribution >= 4 is 23.2 Å². The molecule has 0 spiro atoms. The van der Waals surface area contributed by atoms with Crippen LogP contribution in [0.2, 0.25) is 10.0 Å². The minimum Gasteiger partial charge on any atom is -0.492 e. The number of benzene rings is 1. The van der Waals surface area contributed by atoms with Crippen molar-refractivity contribution in [3.63, 3.8) is 0 Å². The van der Waals surface area contributed by atoms with E-state index in [0.29, 0.717) is 35.5 Å². The number of ether oxygens (including phenoxy) is 1. The minimum absolute atomic E-state index is 0.389. The van der Waals surface area contributed by atoms with E-state index < -0.39 is 0 Å². The molecule has 0 aliphatic rings. The van der Waals surface area contributed by atoms with Crippen molar-refractivity contribution in [3.8, 4) is 5.75 Å². The Morgan fingerprint density at radius 1 is 1.41 bits per heavy atom. The predicted octanol–water partition coefficient (Wildman–Crippen LogP) is 2.86. The average Bonchev–Trinajstić information content (AvgIpc) is 2.22. The summed E-state index contributed by atoms with van der Waals surface area (Å²) in [5, 5.41) is 13.4. The van der Waals surface area contributed by atoms with Crippen molar-refractivity contribution in [3.05, 3.63) is 27.7 Å². The molecule has 0 bridgehead atoms. The van der Waals surface area contributed by atoms with Gasteiger partial charge in [-0.25, -0.2) is 0 Å². The van der Waals surface area contributed by atoms with Crippen molar-refractivity contribution in [1.82, 2.24) is 5.32 Å². The van der Waals surface area contributed by atoms with E-state index >= 15 is 0 Å². The quantitative estimate of drug-likeness (QED) is 0.840. The van der Waals surface area contributed by atoms with E-state index in [1.54, 1.807) is 13.0 Å². The molecule has 2 N–H and O–H groups in total. The molecule has 96 valence electrons. The molecule has 1 unspecified atom stereocenters. The monoisotopic (exact) mass is 277 g/mol. The number of aliphatic hydroxyl groups excluding tert-OH is 1. The fraction of sp³-hybridized carbons (Fsp3) is 0.500. The molecule has 1 aromatic rings. The summed E-state index contributed by atoms with van der Waals surface area (Å²) in [5.41, 5.74) is 0.894. The van der Waals surface area contributed by atoms with Gasteiger partial charge in [-0.1, -0.05) is 23.2 Å². The van der Waals surface area contributed by atoms with E-state index in [9.17, 15) is 0 Å². The molecule has 17 heavy (non-hydrogen) atoms. The van der Waals surface area contributed by atoms with Gasteiger partial charge >= 0.3 is 0 Å². The molecule has 0 saturated heterocycles. The van der Waals surface area contributed by atoms with Crippen molar-refractivity contribution in [2.75, 3.05) is 13.2 Å². The molecule has 3 nitrogen and oxygen atoms in total. The highest BCUT2D eigenvalue weighted by Gasteiger charge is 2.10. The summed E-state index contributed by atoms with van der Waals surface area (Å²) in [6, 6.07) is 3.47. The van der Waals surface area contributed by atoms with Gasteiger partial charge in [0.2, 0.25) is 0 Å². The van der Waals surface area contributed by atoms with Gasteiger partial charge in [0, 0.05) is 23.7 Å². The van der Waals surface area contributed by atoms with Crippen LogP contribution in [0.5, 0.6) is 5.75 Å². The molecular weight excluding hydrogens is 261 g/mol. The SMILES string of the molecule is CCOc1c(Cl)cc(Cl)cc1CNCC(C)O. The smallest absolute Gasteiger partial charge is 0.142 e. The zero-order valence-corrected chi connectivity index (χ0v) is 11.5. The fourth-order valence-electron chi connectivity index (χ4n) is 1.47. The Labute approximate surface area is 112 Å². The summed E-state index contributed by atoms with van der Waals surface area (Å²) < 4.78 is 5.49. The first kappa shape index (κ1) is 14.6. The Morgan fingerprint density at radius 3 is 2.71 bits per heavy atom. The second kappa shape index (κ2) is 7.07. The molecular formula is C12H17Cl2NO2. The van der Waals surface area contributed by atoms with E-state index in [-0.39, 0.29) is 6.10 Å². The largest absolute Gasteiger partial charge is 0.492 e. The topological polar surface area (TPSA) is 41.5 Å². The normalized spacial score (nSPS) is 12.5. The Kier molecular flexibility index (Phi) is 6.06. The van der Waals surface area contributed by atoms with Gasteiger partial charge in [0.15, 0.2) is 0 Å². The molecule has 0 saturated carbocycles. The van der Waals surface area contributed by atoms with Crippen LogP contribution < -0.4 is 10.1 Å². The van der Waals surface area contributed by atoms with Crippen LogP contribution in [0.4, 0.5) is 0 Å². The van der Waals surface area contributed by atoms with Gasteiger partial charge in [0.25, 0.3) is 0 Å². The van der Waals surface area contributed by atoms with Gasteiger partial charge in [0.1, 0.15) is 5.75 Å². The van der Waals surface area contributed by atoms with Gasteiger partial charge < -0.3 is 15.2 Å². The molecule has 5 heteroatoms. The second-order valence-electron chi connectivity index (χ2n) is 3.79. The Balaban J connectivity index is 2.80. The van der Waals surface area contributed by atoms with E-state index in [1.165, 1.54) is 0 Å². The highest BCUT2D eigenvalue weighted by atomic mass is 35.5. The summed E-state index contributed by atoms with van der Waals surface area (Å²) in [6.07, 6.45) is -0.389. The van der Waals surface area contributed by atoms with Crippen LogP contribution in [0.1, 0.15) is 19.4 Å². The van der Waals surface area contributed by atoms with Crippen LogP contribution in [0.15, 0.2) is 12.1 Å². The lowest BCUT2D eigenvalue weighted by atomic mass is 10.2. The van der Waals surface area contributed by atoms with E-state index in [0.717, 1.165) is 5.56 Å². The number of halogens is 2. The molecule has 0 fully saturated rings. The molecule has 0 amide bonds. The van der Waals surface area contributed by atoms with Gasteiger partial charge in [-0.3, -0.25) is 0 Å². The lowest BCUT2D eigenvalue weighted by Gasteiger charge is -2.14. The molecule has 0 aliphatic carbocycles. The molecule has 0 radical (unpaired) electrons. The van der Waals surface area contributed by atoms with Crippen molar-refractivity contribution in [1.29, 1.82) is 0 Å². The fourth-order valence-corrected chi connectivity index (χ4v) is 2.06. The zero-order chi connectivity index (χ0) is 12.8. The van der Waals surface area contributed by atoms with Crippen LogP contribution in [0, 0.1) is 0 Å². The van der Waals surface area contributed by atoms with E-state index in [4.69, 9.17) is 33.0 Å². The number of nitrogens with one attached hydrogen (secondary N) is 1.